The molecule has 6 rings (SSSR count). The molecule has 6 aliphatic rings. The van der Waals surface area contributed by atoms with Crippen LogP contribution in [0.15, 0.2) is 11.6 Å². The highest BCUT2D eigenvalue weighted by Gasteiger charge is 2.59. The van der Waals surface area contributed by atoms with Crippen molar-refractivity contribution < 1.29 is 66.7 Å². The van der Waals surface area contributed by atoms with Crippen LogP contribution in [0.2, 0.25) is 0 Å². The van der Waals surface area contributed by atoms with Crippen molar-refractivity contribution in [2.24, 2.45) is 46.3 Å². The number of hydrogen-bond acceptors (Lipinski definition) is 13. The smallest absolute Gasteiger partial charge is 0.394 e. The fraction of sp³-hybridized carbons (Fsp3) is 0.949. The molecule has 0 radical (unpaired) electrons. The fourth-order valence-electron chi connectivity index (χ4n) is 11.8. The van der Waals surface area contributed by atoms with Gasteiger partial charge in [0, 0.05) is 0 Å². The van der Waals surface area contributed by atoms with Gasteiger partial charge in [-0.2, -0.15) is 8.42 Å². The van der Waals surface area contributed by atoms with E-state index < -0.39 is 85.0 Å². The zero-order chi connectivity index (χ0) is 39.3. The average Bonchev–Trinajstić information content (AvgIpc) is 3.47. The third-order valence-electron chi connectivity index (χ3n) is 14.7. The van der Waals surface area contributed by atoms with E-state index in [4.69, 9.17) is 23.5 Å². The van der Waals surface area contributed by atoms with Gasteiger partial charge in [-0.05, 0) is 97.7 Å². The average molecular weight is 791 g/mol. The summed E-state index contributed by atoms with van der Waals surface area (Å²) in [6.45, 7) is 10.6. The monoisotopic (exact) mass is 790 g/mol. The number of rotatable bonds is 13. The number of aliphatic hydroxyl groups is 6. The molecule has 15 heteroatoms. The minimum atomic E-state index is -4.92. The lowest BCUT2D eigenvalue weighted by molar-refractivity contribution is -0.362. The summed E-state index contributed by atoms with van der Waals surface area (Å²) in [6, 6.07) is 0. The first-order valence-electron chi connectivity index (χ1n) is 20.3. The molecule has 3 saturated carbocycles. The van der Waals surface area contributed by atoms with E-state index in [1.165, 1.54) is 50.5 Å². The van der Waals surface area contributed by atoms with Gasteiger partial charge in [0.2, 0.25) is 0 Å². The normalized spacial score (nSPS) is 47.4. The third-order valence-corrected chi connectivity index (χ3v) is 15.2. The van der Waals surface area contributed by atoms with Crippen molar-refractivity contribution in [3.63, 3.8) is 0 Å². The van der Waals surface area contributed by atoms with Crippen molar-refractivity contribution in [2.75, 3.05) is 13.2 Å². The summed E-state index contributed by atoms with van der Waals surface area (Å²) in [4.78, 5) is 0. The van der Waals surface area contributed by atoms with Crippen molar-refractivity contribution >= 4 is 10.4 Å². The molecule has 7 N–H and O–H groups in total. The molecule has 0 spiro atoms. The third kappa shape index (κ3) is 8.50. The van der Waals surface area contributed by atoms with Crippen molar-refractivity contribution in [1.82, 2.24) is 0 Å². The molecule has 2 saturated heterocycles. The predicted octanol–water partition coefficient (Wildman–Crippen LogP) is 2.86. The van der Waals surface area contributed by atoms with Crippen molar-refractivity contribution in [3.05, 3.63) is 11.6 Å². The van der Waals surface area contributed by atoms with Gasteiger partial charge in [0.25, 0.3) is 0 Å². The number of hydrogen-bond donors (Lipinski definition) is 7. The Labute approximate surface area is 320 Å². The largest absolute Gasteiger partial charge is 0.397 e. The molecule has 5 fully saturated rings. The van der Waals surface area contributed by atoms with Crippen molar-refractivity contribution in [1.29, 1.82) is 0 Å². The van der Waals surface area contributed by atoms with Gasteiger partial charge < -0.3 is 49.6 Å². The molecular formula is C39H66O14S. The van der Waals surface area contributed by atoms with Crippen LogP contribution in [0, 0.1) is 46.3 Å². The van der Waals surface area contributed by atoms with Gasteiger partial charge in [0.15, 0.2) is 12.6 Å². The Hall–Kier alpha value is -0.790. The second-order valence-corrected chi connectivity index (χ2v) is 19.4. The molecule has 2 aliphatic heterocycles. The van der Waals surface area contributed by atoms with E-state index in [2.05, 4.69) is 44.9 Å². The molecule has 0 bridgehead atoms. The Balaban J connectivity index is 1.07. The summed E-state index contributed by atoms with van der Waals surface area (Å²) < 4.78 is 58.6. The Morgan fingerprint density at radius 1 is 0.833 bits per heavy atom. The van der Waals surface area contributed by atoms with Gasteiger partial charge in [-0.3, -0.25) is 4.55 Å². The SMILES string of the molecule is CC(C)CCC[C@@H](C)[C@H]1CC[C@H]2[C@@H]3CC=C4C[C@@H](O[C@@H]5O[C@H](CO)[C@@H](O[C@H]6O[C@H](COS(=O)(=O)O)[C@@H](O)[C@H](O)[C@H]6O)[C@H](O)[C@H]5O)CC[C@]4(C)[C@H]3CCC12C. The minimum Gasteiger partial charge on any atom is -0.394 e. The molecular weight excluding hydrogens is 724 g/mol. The van der Waals surface area contributed by atoms with Crippen molar-refractivity contribution in [3.8, 4) is 0 Å². The highest BCUT2D eigenvalue weighted by Crippen LogP contribution is 2.67. The molecule has 0 aromatic carbocycles. The molecule has 18 atom stereocenters. The fourth-order valence-corrected chi connectivity index (χ4v) is 12.1. The first-order valence-corrected chi connectivity index (χ1v) is 21.7. The molecule has 0 aromatic heterocycles. The van der Waals surface area contributed by atoms with Crippen LogP contribution in [0.3, 0.4) is 0 Å². The lowest BCUT2D eigenvalue weighted by Gasteiger charge is -2.58. The molecule has 1 unspecified atom stereocenters. The standard InChI is InChI=1S/C39H66O14S/c1-20(2)7-6-8-21(3)25-11-12-26-24-10-9-22-17-23(13-15-38(22,4)27(24)14-16-39(25,26)5)50-36-34(45)32(43)35(28(18-40)51-36)53-37-33(44)31(42)30(41)29(52-37)19-49-54(46,47)48/h9,20-21,23-37,40-45H,6-8,10-19H2,1-5H3,(H,46,47,48)/t21-,23+,24+,25-,26+,27+,28-,29-,30-,31+,32-,33-,34-,35-,36-,37-,38+,39?/m1/s1. The maximum atomic E-state index is 11.2. The summed E-state index contributed by atoms with van der Waals surface area (Å²) in [5.41, 5.74) is 1.87. The Morgan fingerprint density at radius 3 is 2.20 bits per heavy atom. The maximum Gasteiger partial charge on any atom is 0.397 e. The molecule has 0 amide bonds. The van der Waals surface area contributed by atoms with Gasteiger partial charge in [-0.15, -0.1) is 0 Å². The van der Waals surface area contributed by atoms with Crippen LogP contribution in [0.25, 0.3) is 0 Å². The lowest BCUT2D eigenvalue weighted by Crippen LogP contribution is -2.65. The number of aliphatic hydroxyl groups excluding tert-OH is 6. The van der Waals surface area contributed by atoms with Crippen LogP contribution in [-0.4, -0.2) is 124 Å². The number of allylic oxidation sites excluding steroid dienone is 1. The van der Waals surface area contributed by atoms with E-state index in [1.54, 1.807) is 0 Å². The molecule has 0 aromatic rings. The summed E-state index contributed by atoms with van der Waals surface area (Å²) >= 11 is 0. The first kappa shape index (κ1) is 42.8. The van der Waals surface area contributed by atoms with E-state index in [0.717, 1.165) is 42.9 Å². The molecule has 2 heterocycles. The van der Waals surface area contributed by atoms with E-state index in [-0.39, 0.29) is 11.5 Å². The van der Waals surface area contributed by atoms with E-state index in [9.17, 15) is 39.1 Å². The minimum absolute atomic E-state index is 0.0758. The van der Waals surface area contributed by atoms with Crippen LogP contribution in [-0.2, 0) is 33.5 Å². The quantitative estimate of drug-likeness (QED) is 0.105. The highest BCUT2D eigenvalue weighted by molar-refractivity contribution is 7.80. The van der Waals surface area contributed by atoms with Gasteiger partial charge in [0.1, 0.15) is 48.8 Å². The van der Waals surface area contributed by atoms with Crippen LogP contribution in [0.5, 0.6) is 0 Å². The predicted molar refractivity (Wildman–Crippen MR) is 195 cm³/mol. The summed E-state index contributed by atoms with van der Waals surface area (Å²) in [6.07, 6.45) is -1.51. The van der Waals surface area contributed by atoms with E-state index in [0.29, 0.717) is 23.7 Å². The van der Waals surface area contributed by atoms with E-state index in [1.807, 2.05) is 0 Å². The Morgan fingerprint density at radius 2 is 1.52 bits per heavy atom. The summed E-state index contributed by atoms with van der Waals surface area (Å²) in [5.74, 6) is 4.38. The second kappa shape index (κ2) is 16.8. The maximum absolute atomic E-state index is 11.2. The topological polar surface area (TPSA) is 222 Å². The number of fused-ring (bicyclic) bond motifs is 5. The van der Waals surface area contributed by atoms with Crippen LogP contribution < -0.4 is 0 Å². The molecule has 14 nitrogen and oxygen atoms in total. The second-order valence-electron chi connectivity index (χ2n) is 18.3. The lowest BCUT2D eigenvalue weighted by atomic mass is 9.47. The van der Waals surface area contributed by atoms with Gasteiger partial charge in [-0.1, -0.05) is 65.5 Å². The zero-order valence-electron chi connectivity index (χ0n) is 32.5. The first-order chi connectivity index (χ1) is 25.4. The highest BCUT2D eigenvalue weighted by atomic mass is 32.3. The van der Waals surface area contributed by atoms with Gasteiger partial charge in [0.05, 0.1) is 19.3 Å². The van der Waals surface area contributed by atoms with Gasteiger partial charge in [-0.25, -0.2) is 4.18 Å². The Bertz CT molecular complexity index is 1410. The zero-order valence-corrected chi connectivity index (χ0v) is 33.3. The van der Waals surface area contributed by atoms with E-state index >= 15 is 0 Å². The van der Waals surface area contributed by atoms with Gasteiger partial charge >= 0.3 is 10.4 Å². The number of ether oxygens (including phenoxy) is 4. The summed E-state index contributed by atoms with van der Waals surface area (Å²) in [7, 11) is -4.92. The molecule has 4 aliphatic carbocycles. The molecule has 312 valence electrons. The summed E-state index contributed by atoms with van der Waals surface area (Å²) in [5, 5.41) is 63.7. The molecule has 54 heavy (non-hydrogen) atoms. The van der Waals surface area contributed by atoms with Crippen LogP contribution in [0.1, 0.15) is 105 Å². The van der Waals surface area contributed by atoms with Crippen molar-refractivity contribution in [2.45, 2.75) is 173 Å². The van der Waals surface area contributed by atoms with Crippen LogP contribution >= 0.6 is 0 Å². The van der Waals surface area contributed by atoms with Crippen LogP contribution in [0.4, 0.5) is 0 Å². The Kier molecular flexibility index (Phi) is 13.3.